The van der Waals surface area contributed by atoms with Gasteiger partial charge in [-0.2, -0.15) is 0 Å². The van der Waals surface area contributed by atoms with E-state index in [2.05, 4.69) is 9.88 Å². The molecule has 0 radical (unpaired) electrons. The Kier molecular flexibility index (Phi) is 5.45. The standard InChI is InChI=1S/C18H25N3O3/c22-17(13-20-9-3-1-2-4-10-20)21-11-15(16(12-21)18(23)24)14-5-7-19-8-6-14/h5-8,15-16H,1-4,9-13H2,(H,23,24)/t15-,16+/m0/s1. The zero-order valence-electron chi connectivity index (χ0n) is 13.9. The molecule has 0 aromatic carbocycles. The fraction of sp³-hybridized carbons (Fsp3) is 0.611. The highest BCUT2D eigenvalue weighted by atomic mass is 16.4. The Morgan fingerprint density at radius 3 is 2.38 bits per heavy atom. The molecule has 2 atom stereocenters. The minimum absolute atomic E-state index is 0.0553. The highest BCUT2D eigenvalue weighted by molar-refractivity contribution is 5.81. The number of aromatic nitrogens is 1. The summed E-state index contributed by atoms with van der Waals surface area (Å²) >= 11 is 0. The molecule has 0 saturated carbocycles. The van der Waals surface area contributed by atoms with E-state index in [9.17, 15) is 14.7 Å². The van der Waals surface area contributed by atoms with Crippen LogP contribution in [0.1, 0.15) is 37.2 Å². The molecular weight excluding hydrogens is 306 g/mol. The SMILES string of the molecule is O=C(O)[C@@H]1CN(C(=O)CN2CCCCCC2)C[C@H]1c1ccncc1. The van der Waals surface area contributed by atoms with Gasteiger partial charge in [-0.25, -0.2) is 0 Å². The fourth-order valence-corrected chi connectivity index (χ4v) is 3.79. The number of carboxylic acid groups (broad SMARTS) is 1. The minimum Gasteiger partial charge on any atom is -0.481 e. The summed E-state index contributed by atoms with van der Waals surface area (Å²) in [6.45, 7) is 3.13. The lowest BCUT2D eigenvalue weighted by Gasteiger charge is -2.23. The zero-order chi connectivity index (χ0) is 16.9. The number of pyridine rings is 1. The molecule has 6 nitrogen and oxygen atoms in total. The Labute approximate surface area is 142 Å². The molecular formula is C18H25N3O3. The fourth-order valence-electron chi connectivity index (χ4n) is 3.79. The molecule has 0 spiro atoms. The van der Waals surface area contributed by atoms with Crippen molar-refractivity contribution in [2.75, 3.05) is 32.7 Å². The van der Waals surface area contributed by atoms with Crippen LogP contribution in [0.4, 0.5) is 0 Å². The first kappa shape index (κ1) is 16.9. The number of hydrogen-bond donors (Lipinski definition) is 1. The minimum atomic E-state index is -0.832. The molecule has 1 amide bonds. The lowest BCUT2D eigenvalue weighted by molar-refractivity contribution is -0.141. The Hall–Kier alpha value is -1.95. The van der Waals surface area contributed by atoms with Gasteiger partial charge in [-0.3, -0.25) is 19.5 Å². The summed E-state index contributed by atoms with van der Waals surface area (Å²) in [7, 11) is 0. The van der Waals surface area contributed by atoms with E-state index in [1.165, 1.54) is 12.8 Å². The van der Waals surface area contributed by atoms with Crippen molar-refractivity contribution in [2.45, 2.75) is 31.6 Å². The summed E-state index contributed by atoms with van der Waals surface area (Å²) < 4.78 is 0. The number of carboxylic acids is 1. The van der Waals surface area contributed by atoms with Crippen LogP contribution in [0, 0.1) is 5.92 Å². The van der Waals surface area contributed by atoms with Crippen molar-refractivity contribution in [1.29, 1.82) is 0 Å². The molecule has 2 aliphatic rings. The molecule has 3 rings (SSSR count). The lowest BCUT2D eigenvalue weighted by Crippen LogP contribution is -2.40. The molecule has 1 aromatic rings. The smallest absolute Gasteiger partial charge is 0.308 e. The van der Waals surface area contributed by atoms with Gasteiger partial charge < -0.3 is 10.0 Å². The topological polar surface area (TPSA) is 73.7 Å². The van der Waals surface area contributed by atoms with Crippen LogP contribution in [0.5, 0.6) is 0 Å². The second-order valence-corrected chi connectivity index (χ2v) is 6.82. The highest BCUT2D eigenvalue weighted by Crippen LogP contribution is 2.32. The predicted octanol–water partition coefficient (Wildman–Crippen LogP) is 1.58. The highest BCUT2D eigenvalue weighted by Gasteiger charge is 2.40. The second kappa shape index (κ2) is 7.75. The Morgan fingerprint density at radius 1 is 1.08 bits per heavy atom. The van der Waals surface area contributed by atoms with E-state index in [0.717, 1.165) is 31.5 Å². The Balaban J connectivity index is 1.66. The molecule has 130 valence electrons. The first-order chi connectivity index (χ1) is 11.6. The maximum Gasteiger partial charge on any atom is 0.308 e. The third-order valence-corrected chi connectivity index (χ3v) is 5.18. The second-order valence-electron chi connectivity index (χ2n) is 6.82. The molecule has 3 heterocycles. The van der Waals surface area contributed by atoms with Gasteiger partial charge in [0.25, 0.3) is 0 Å². The van der Waals surface area contributed by atoms with Gasteiger partial charge in [-0.1, -0.05) is 12.8 Å². The molecule has 24 heavy (non-hydrogen) atoms. The molecule has 0 aliphatic carbocycles. The number of aliphatic carboxylic acids is 1. The van der Waals surface area contributed by atoms with Crippen LogP contribution < -0.4 is 0 Å². The van der Waals surface area contributed by atoms with E-state index in [4.69, 9.17) is 0 Å². The molecule has 0 bridgehead atoms. The number of carbonyl (C=O) groups excluding carboxylic acids is 1. The van der Waals surface area contributed by atoms with Crippen molar-refractivity contribution >= 4 is 11.9 Å². The number of carbonyl (C=O) groups is 2. The molecule has 2 fully saturated rings. The molecule has 1 aromatic heterocycles. The van der Waals surface area contributed by atoms with Crippen LogP contribution in [-0.2, 0) is 9.59 Å². The quantitative estimate of drug-likeness (QED) is 0.907. The zero-order valence-corrected chi connectivity index (χ0v) is 13.9. The van der Waals surface area contributed by atoms with E-state index in [-0.39, 0.29) is 11.8 Å². The Bertz CT molecular complexity index is 570. The predicted molar refractivity (Wildman–Crippen MR) is 89.6 cm³/mol. The van der Waals surface area contributed by atoms with Gasteiger partial charge in [0.1, 0.15) is 0 Å². The summed E-state index contributed by atoms with van der Waals surface area (Å²) in [5.41, 5.74) is 0.947. The number of likely N-dealkylation sites (tertiary alicyclic amines) is 2. The van der Waals surface area contributed by atoms with Crippen molar-refractivity contribution in [3.05, 3.63) is 30.1 Å². The van der Waals surface area contributed by atoms with Gasteiger partial charge in [-0.15, -0.1) is 0 Å². The van der Waals surface area contributed by atoms with Gasteiger partial charge in [-0.05, 0) is 43.6 Å². The van der Waals surface area contributed by atoms with E-state index in [1.807, 2.05) is 12.1 Å². The molecule has 2 aliphatic heterocycles. The van der Waals surface area contributed by atoms with E-state index >= 15 is 0 Å². The molecule has 2 saturated heterocycles. The number of rotatable bonds is 4. The van der Waals surface area contributed by atoms with Gasteiger partial charge in [0.15, 0.2) is 0 Å². The number of amides is 1. The average molecular weight is 331 g/mol. The largest absolute Gasteiger partial charge is 0.481 e. The third-order valence-electron chi connectivity index (χ3n) is 5.18. The monoisotopic (exact) mass is 331 g/mol. The summed E-state index contributed by atoms with van der Waals surface area (Å²) in [5, 5.41) is 9.54. The van der Waals surface area contributed by atoms with E-state index in [0.29, 0.717) is 19.6 Å². The third kappa shape index (κ3) is 3.93. The van der Waals surface area contributed by atoms with Crippen LogP contribution in [-0.4, -0.2) is 64.5 Å². The van der Waals surface area contributed by atoms with Gasteiger partial charge in [0.2, 0.25) is 5.91 Å². The number of hydrogen-bond acceptors (Lipinski definition) is 4. The van der Waals surface area contributed by atoms with Crippen molar-refractivity contribution in [2.24, 2.45) is 5.92 Å². The van der Waals surface area contributed by atoms with E-state index in [1.54, 1.807) is 17.3 Å². The van der Waals surface area contributed by atoms with Crippen LogP contribution in [0.15, 0.2) is 24.5 Å². The molecule has 1 N–H and O–H groups in total. The van der Waals surface area contributed by atoms with Gasteiger partial charge in [0, 0.05) is 31.4 Å². The van der Waals surface area contributed by atoms with Crippen molar-refractivity contribution in [3.63, 3.8) is 0 Å². The summed E-state index contributed by atoms with van der Waals surface area (Å²) in [6.07, 6.45) is 8.11. The van der Waals surface area contributed by atoms with E-state index < -0.39 is 11.9 Å². The molecule has 0 unspecified atom stereocenters. The van der Waals surface area contributed by atoms with Crippen LogP contribution in [0.25, 0.3) is 0 Å². The molecule has 6 heteroatoms. The van der Waals surface area contributed by atoms with Crippen LogP contribution in [0.2, 0.25) is 0 Å². The van der Waals surface area contributed by atoms with Gasteiger partial charge >= 0.3 is 5.97 Å². The first-order valence-corrected chi connectivity index (χ1v) is 8.78. The summed E-state index contributed by atoms with van der Waals surface area (Å²) in [6, 6.07) is 3.70. The maximum atomic E-state index is 12.6. The van der Waals surface area contributed by atoms with Crippen molar-refractivity contribution in [3.8, 4) is 0 Å². The van der Waals surface area contributed by atoms with Crippen molar-refractivity contribution in [1.82, 2.24) is 14.8 Å². The summed E-state index contributed by atoms with van der Waals surface area (Å²) in [5.74, 6) is -1.47. The van der Waals surface area contributed by atoms with Gasteiger partial charge in [0.05, 0.1) is 12.5 Å². The van der Waals surface area contributed by atoms with Crippen molar-refractivity contribution < 1.29 is 14.7 Å². The Morgan fingerprint density at radius 2 is 1.75 bits per heavy atom. The first-order valence-electron chi connectivity index (χ1n) is 8.78. The normalized spacial score (nSPS) is 25.4. The summed E-state index contributed by atoms with van der Waals surface area (Å²) in [4.78, 5) is 32.2. The average Bonchev–Trinajstić information content (AvgIpc) is 2.89. The van der Waals surface area contributed by atoms with Crippen LogP contribution >= 0.6 is 0 Å². The van der Waals surface area contributed by atoms with Crippen LogP contribution in [0.3, 0.4) is 0 Å². The lowest BCUT2D eigenvalue weighted by atomic mass is 9.90. The number of nitrogens with zero attached hydrogens (tertiary/aromatic N) is 3. The maximum absolute atomic E-state index is 12.6.